The lowest BCUT2D eigenvalue weighted by Gasteiger charge is -2.17. The van der Waals surface area contributed by atoms with E-state index in [1.807, 2.05) is 23.9 Å². The van der Waals surface area contributed by atoms with E-state index in [2.05, 4.69) is 10.3 Å². The van der Waals surface area contributed by atoms with Gasteiger partial charge < -0.3 is 5.32 Å². The molecule has 0 atom stereocenters. The predicted octanol–water partition coefficient (Wildman–Crippen LogP) is 3.88. The first-order valence-electron chi connectivity index (χ1n) is 7.75. The number of aromatic nitrogens is 3. The number of hydrogen-bond acceptors (Lipinski definition) is 3. The van der Waals surface area contributed by atoms with Crippen LogP contribution in [0.4, 0.5) is 10.2 Å². The van der Waals surface area contributed by atoms with Gasteiger partial charge in [0.1, 0.15) is 17.3 Å². The van der Waals surface area contributed by atoms with Crippen LogP contribution in [0.2, 0.25) is 0 Å². The average molecular weight is 308 g/mol. The minimum absolute atomic E-state index is 0.238. The molecule has 0 amide bonds. The second-order valence-corrected chi connectivity index (χ2v) is 5.77. The molecule has 0 unspecified atom stereocenters. The molecule has 0 aliphatic carbocycles. The molecule has 4 nitrogen and oxygen atoms in total. The van der Waals surface area contributed by atoms with E-state index in [1.165, 1.54) is 12.1 Å². The maximum atomic E-state index is 13.3. The standard InChI is InChI=1S/C18H17FN4/c1-12-11-20-9-7-15(12)16-17(13-3-5-14(19)6-4-13)22-23-10-2-8-21-18(16)23/h3-7,9,11,21H,2,8,10H2,1H3. The molecular weight excluding hydrogens is 291 g/mol. The molecule has 0 saturated carbocycles. The third-order valence-corrected chi connectivity index (χ3v) is 4.20. The highest BCUT2D eigenvalue weighted by atomic mass is 19.1. The molecule has 4 rings (SSSR count). The summed E-state index contributed by atoms with van der Waals surface area (Å²) in [5, 5.41) is 8.24. The molecule has 3 aromatic rings. The van der Waals surface area contributed by atoms with Crippen LogP contribution in [0.25, 0.3) is 22.4 Å². The number of benzene rings is 1. The highest BCUT2D eigenvalue weighted by Gasteiger charge is 2.23. The minimum atomic E-state index is -0.238. The molecule has 2 aromatic heterocycles. The number of rotatable bonds is 2. The Balaban J connectivity index is 1.97. The minimum Gasteiger partial charge on any atom is -0.370 e. The van der Waals surface area contributed by atoms with Crippen molar-refractivity contribution in [3.8, 4) is 22.4 Å². The Morgan fingerprint density at radius 1 is 1.17 bits per heavy atom. The van der Waals surface area contributed by atoms with Crippen LogP contribution in [0, 0.1) is 12.7 Å². The van der Waals surface area contributed by atoms with Crippen LogP contribution in [0.5, 0.6) is 0 Å². The molecule has 0 saturated heterocycles. The van der Waals surface area contributed by atoms with Crippen LogP contribution in [0.3, 0.4) is 0 Å². The van der Waals surface area contributed by atoms with Gasteiger partial charge in [-0.3, -0.25) is 4.98 Å². The largest absolute Gasteiger partial charge is 0.370 e. The highest BCUT2D eigenvalue weighted by molar-refractivity contribution is 5.90. The van der Waals surface area contributed by atoms with Gasteiger partial charge in [0.15, 0.2) is 0 Å². The monoisotopic (exact) mass is 308 g/mol. The molecule has 0 radical (unpaired) electrons. The van der Waals surface area contributed by atoms with Gasteiger partial charge in [-0.1, -0.05) is 0 Å². The Morgan fingerprint density at radius 3 is 2.78 bits per heavy atom. The first-order valence-corrected chi connectivity index (χ1v) is 7.75. The highest BCUT2D eigenvalue weighted by Crippen LogP contribution is 2.40. The van der Waals surface area contributed by atoms with Crippen LogP contribution in [-0.2, 0) is 6.54 Å². The fraction of sp³-hybridized carbons (Fsp3) is 0.222. The Morgan fingerprint density at radius 2 is 2.00 bits per heavy atom. The molecular formula is C18H17FN4. The van der Waals surface area contributed by atoms with Crippen molar-refractivity contribution in [2.24, 2.45) is 0 Å². The van der Waals surface area contributed by atoms with E-state index in [9.17, 15) is 4.39 Å². The number of fused-ring (bicyclic) bond motifs is 1. The van der Waals surface area contributed by atoms with Crippen molar-refractivity contribution in [2.45, 2.75) is 19.9 Å². The van der Waals surface area contributed by atoms with Gasteiger partial charge in [0, 0.05) is 31.0 Å². The summed E-state index contributed by atoms with van der Waals surface area (Å²) in [7, 11) is 0. The van der Waals surface area contributed by atoms with Crippen molar-refractivity contribution in [3.63, 3.8) is 0 Å². The second-order valence-electron chi connectivity index (χ2n) is 5.77. The van der Waals surface area contributed by atoms with E-state index >= 15 is 0 Å². The Bertz CT molecular complexity index is 852. The first kappa shape index (κ1) is 13.9. The molecule has 1 N–H and O–H groups in total. The third-order valence-electron chi connectivity index (χ3n) is 4.20. The SMILES string of the molecule is Cc1cnccc1-c1c(-c2ccc(F)cc2)nn2c1NCCC2. The van der Waals surface area contributed by atoms with E-state index in [0.29, 0.717) is 0 Å². The van der Waals surface area contributed by atoms with Gasteiger partial charge in [-0.05, 0) is 54.8 Å². The number of halogens is 1. The first-order chi connectivity index (χ1) is 11.2. The molecule has 1 aliphatic rings. The van der Waals surface area contributed by atoms with Gasteiger partial charge in [0.25, 0.3) is 0 Å². The number of nitrogens with one attached hydrogen (secondary N) is 1. The fourth-order valence-corrected chi connectivity index (χ4v) is 3.06. The summed E-state index contributed by atoms with van der Waals surface area (Å²) >= 11 is 0. The maximum absolute atomic E-state index is 13.3. The molecule has 0 fully saturated rings. The lowest BCUT2D eigenvalue weighted by atomic mass is 9.98. The smallest absolute Gasteiger partial charge is 0.132 e. The zero-order chi connectivity index (χ0) is 15.8. The second kappa shape index (κ2) is 5.50. The van der Waals surface area contributed by atoms with Crippen molar-refractivity contribution in [3.05, 3.63) is 54.1 Å². The molecule has 0 spiro atoms. The lowest BCUT2D eigenvalue weighted by Crippen LogP contribution is -2.17. The number of aryl methyl sites for hydroxylation is 2. The van der Waals surface area contributed by atoms with Crippen molar-refractivity contribution in [1.82, 2.24) is 14.8 Å². The Labute approximate surface area is 134 Å². The molecule has 23 heavy (non-hydrogen) atoms. The van der Waals surface area contributed by atoms with E-state index in [1.54, 1.807) is 18.3 Å². The van der Waals surface area contributed by atoms with Gasteiger partial charge in [-0.15, -0.1) is 0 Å². The van der Waals surface area contributed by atoms with Crippen LogP contribution in [0.1, 0.15) is 12.0 Å². The van der Waals surface area contributed by atoms with E-state index < -0.39 is 0 Å². The zero-order valence-electron chi connectivity index (χ0n) is 12.9. The quantitative estimate of drug-likeness (QED) is 0.781. The summed E-state index contributed by atoms with van der Waals surface area (Å²) in [6.07, 6.45) is 4.70. The average Bonchev–Trinajstić information content (AvgIpc) is 2.95. The van der Waals surface area contributed by atoms with Crippen LogP contribution < -0.4 is 5.32 Å². The van der Waals surface area contributed by atoms with Crippen molar-refractivity contribution >= 4 is 5.82 Å². The number of nitrogens with zero attached hydrogens (tertiary/aromatic N) is 3. The lowest BCUT2D eigenvalue weighted by molar-refractivity contribution is 0.569. The number of pyridine rings is 1. The predicted molar refractivity (Wildman–Crippen MR) is 88.7 cm³/mol. The fourth-order valence-electron chi connectivity index (χ4n) is 3.06. The summed E-state index contributed by atoms with van der Waals surface area (Å²) < 4.78 is 15.3. The van der Waals surface area contributed by atoms with E-state index in [4.69, 9.17) is 5.10 Å². The molecule has 5 heteroatoms. The topological polar surface area (TPSA) is 42.7 Å². The van der Waals surface area contributed by atoms with Gasteiger partial charge >= 0.3 is 0 Å². The Hall–Kier alpha value is -2.69. The number of hydrogen-bond donors (Lipinski definition) is 1. The van der Waals surface area contributed by atoms with Crippen LogP contribution in [-0.4, -0.2) is 21.3 Å². The van der Waals surface area contributed by atoms with Gasteiger partial charge in [0.2, 0.25) is 0 Å². The molecule has 3 heterocycles. The summed E-state index contributed by atoms with van der Waals surface area (Å²) in [5.41, 5.74) is 5.07. The van der Waals surface area contributed by atoms with E-state index in [0.717, 1.165) is 53.3 Å². The molecule has 116 valence electrons. The van der Waals surface area contributed by atoms with Crippen LogP contribution >= 0.6 is 0 Å². The van der Waals surface area contributed by atoms with Crippen molar-refractivity contribution in [2.75, 3.05) is 11.9 Å². The van der Waals surface area contributed by atoms with Gasteiger partial charge in [0.05, 0.1) is 5.56 Å². The van der Waals surface area contributed by atoms with Gasteiger partial charge in [-0.2, -0.15) is 5.10 Å². The maximum Gasteiger partial charge on any atom is 0.132 e. The van der Waals surface area contributed by atoms with Crippen molar-refractivity contribution < 1.29 is 4.39 Å². The summed E-state index contributed by atoms with van der Waals surface area (Å²) in [6.45, 7) is 3.87. The zero-order valence-corrected chi connectivity index (χ0v) is 12.9. The number of anilines is 1. The summed E-state index contributed by atoms with van der Waals surface area (Å²) in [4.78, 5) is 4.18. The normalized spacial score (nSPS) is 13.5. The van der Waals surface area contributed by atoms with Crippen molar-refractivity contribution in [1.29, 1.82) is 0 Å². The molecule has 1 aromatic carbocycles. The van der Waals surface area contributed by atoms with Crippen LogP contribution in [0.15, 0.2) is 42.7 Å². The van der Waals surface area contributed by atoms with E-state index in [-0.39, 0.29) is 5.82 Å². The van der Waals surface area contributed by atoms with Gasteiger partial charge in [-0.25, -0.2) is 9.07 Å². The molecule has 0 bridgehead atoms. The Kier molecular flexibility index (Phi) is 3.33. The molecule has 1 aliphatic heterocycles. The third kappa shape index (κ3) is 2.38. The summed E-state index contributed by atoms with van der Waals surface area (Å²) in [6, 6.07) is 8.53. The summed E-state index contributed by atoms with van der Waals surface area (Å²) in [5.74, 6) is 0.794.